The molecule has 0 spiro atoms. The highest BCUT2D eigenvalue weighted by Crippen LogP contribution is 2.34. The summed E-state index contributed by atoms with van der Waals surface area (Å²) in [7, 11) is -9.48. The summed E-state index contributed by atoms with van der Waals surface area (Å²) in [6, 6.07) is 18.8. The van der Waals surface area contributed by atoms with Crippen molar-refractivity contribution >= 4 is 61.2 Å². The van der Waals surface area contributed by atoms with Crippen LogP contribution in [0.4, 0.5) is 0 Å². The maximum absolute atomic E-state index is 13.7. The predicted molar refractivity (Wildman–Crippen MR) is 168 cm³/mol. The van der Waals surface area contributed by atoms with Crippen LogP contribution in [0, 0.1) is 11.1 Å². The van der Waals surface area contributed by atoms with E-state index < -0.39 is 58.9 Å². The first-order chi connectivity index (χ1) is 22.9. The van der Waals surface area contributed by atoms with Crippen molar-refractivity contribution in [2.24, 2.45) is 0 Å². The highest BCUT2D eigenvalue weighted by Gasteiger charge is 2.34. The summed E-state index contributed by atoms with van der Waals surface area (Å²) in [5.41, 5.74) is 13.8. The van der Waals surface area contributed by atoms with Gasteiger partial charge in [0.15, 0.2) is 11.5 Å². The minimum Gasteiger partial charge on any atom is -0.379 e. The van der Waals surface area contributed by atoms with Crippen LogP contribution in [0.1, 0.15) is 47.8 Å². The molecule has 4 aromatic carbocycles. The highest BCUT2D eigenvalue weighted by molar-refractivity contribution is 7.87. The van der Waals surface area contributed by atoms with Gasteiger partial charge in [-0.2, -0.15) is 16.8 Å². The van der Waals surface area contributed by atoms with Gasteiger partial charge >= 0.3 is 31.7 Å². The molecule has 2 aliphatic rings. The van der Waals surface area contributed by atoms with E-state index >= 15 is 0 Å². The molecular formula is C33H20N4O9S2+2. The van der Waals surface area contributed by atoms with Gasteiger partial charge in [-0.25, -0.2) is 0 Å². The smallest absolute Gasteiger partial charge is 0.379 e. The minimum absolute atomic E-state index is 0.0000934. The number of carbonyl (C=O) groups is 3. The first kappa shape index (κ1) is 31.6. The fourth-order valence-electron chi connectivity index (χ4n) is 5.08. The summed E-state index contributed by atoms with van der Waals surface area (Å²) in [6.45, 7) is 0. The molecule has 6 rings (SSSR count). The van der Waals surface area contributed by atoms with Crippen LogP contribution >= 0.6 is 0 Å². The van der Waals surface area contributed by atoms with Crippen molar-refractivity contribution in [2.45, 2.75) is 9.79 Å². The van der Waals surface area contributed by atoms with Gasteiger partial charge in [-0.15, -0.1) is 0 Å². The minimum atomic E-state index is -4.80. The number of nitrogens with one attached hydrogen (secondary N) is 2. The highest BCUT2D eigenvalue weighted by atomic mass is 32.2. The number of fused-ring (bicyclic) bond motifs is 2. The van der Waals surface area contributed by atoms with Gasteiger partial charge in [0.1, 0.15) is 15.5 Å². The molecule has 0 radical (unpaired) electrons. The van der Waals surface area contributed by atoms with Crippen LogP contribution < -0.4 is 8.37 Å². The number of Topliss-reactive ketones (excluding diaryl/α,β-unsaturated/α-hetero) is 2. The molecule has 0 saturated carbocycles. The normalized spacial score (nSPS) is 13.7. The standard InChI is InChI=1S/C33H20N4O9S2/c34-36-26-16-14-21-23(32(26)39)8-4-10-29(21)47(41,42)45-20-12-13-25(31(38)19-6-2-1-3-7-19)28(18-20)46-48(43,44)30-11-5-9-24-22(30)15-17-27(37-35)33(24)40/h1-18,34-35H/q+2. The van der Waals surface area contributed by atoms with E-state index in [2.05, 4.69) is 9.58 Å². The van der Waals surface area contributed by atoms with Gasteiger partial charge in [0, 0.05) is 46.0 Å². The predicted octanol–water partition coefficient (Wildman–Crippen LogP) is 4.23. The van der Waals surface area contributed by atoms with Crippen LogP contribution in [-0.2, 0) is 20.2 Å². The third-order valence-electron chi connectivity index (χ3n) is 7.32. The molecule has 2 N–H and O–H groups in total. The summed E-state index contributed by atoms with van der Waals surface area (Å²) in [6.07, 6.45) is 4.98. The largest absolute Gasteiger partial charge is 0.412 e. The van der Waals surface area contributed by atoms with Gasteiger partial charge in [-0.05, 0) is 36.4 Å². The molecule has 236 valence electrons. The quantitative estimate of drug-likeness (QED) is 0.118. The lowest BCUT2D eigenvalue weighted by molar-refractivity contribution is -0.117. The number of carbonyl (C=O) groups excluding carboxylic acids is 3. The SMILES string of the molecule is N=[N+]=C1C=Cc2c(cccc2S(=O)(=O)Oc2ccc(C(=O)c3ccccc3)c(OS(=O)(=O)c3cccc4c3C=CC(=[N+]=N)C4=O)c2)C1=O. The van der Waals surface area contributed by atoms with Gasteiger partial charge in [0.2, 0.25) is 0 Å². The summed E-state index contributed by atoms with van der Waals surface area (Å²) in [4.78, 5) is 44.4. The molecule has 48 heavy (non-hydrogen) atoms. The van der Waals surface area contributed by atoms with Crippen LogP contribution in [0.3, 0.4) is 0 Å². The number of rotatable bonds is 8. The Morgan fingerprint density at radius 1 is 0.604 bits per heavy atom. The molecule has 0 saturated heterocycles. The Bertz CT molecular complexity index is 2490. The van der Waals surface area contributed by atoms with Crippen LogP contribution in [0.15, 0.2) is 107 Å². The molecule has 0 bridgehead atoms. The summed E-state index contributed by atoms with van der Waals surface area (Å²) < 4.78 is 65.3. The number of hydrogen-bond acceptors (Lipinski definition) is 11. The van der Waals surface area contributed by atoms with Crippen LogP contribution in [0.25, 0.3) is 12.2 Å². The van der Waals surface area contributed by atoms with E-state index in [-0.39, 0.29) is 44.8 Å². The van der Waals surface area contributed by atoms with Gasteiger partial charge in [-0.3, -0.25) is 14.4 Å². The maximum atomic E-state index is 13.7. The second-order valence-corrected chi connectivity index (χ2v) is 13.2. The Kier molecular flexibility index (Phi) is 7.97. The van der Waals surface area contributed by atoms with E-state index in [1.165, 1.54) is 72.8 Å². The zero-order chi connectivity index (χ0) is 34.2. The zero-order valence-electron chi connectivity index (χ0n) is 24.3. The third-order valence-corrected chi connectivity index (χ3v) is 9.92. The topological polar surface area (TPSA) is 214 Å². The average molecular weight is 681 g/mol. The molecule has 0 amide bonds. The molecule has 0 aromatic heterocycles. The molecular weight excluding hydrogens is 661 g/mol. The molecule has 2 aliphatic carbocycles. The number of hydrogen-bond donors (Lipinski definition) is 2. The van der Waals surface area contributed by atoms with Gasteiger partial charge in [0.05, 0.1) is 26.2 Å². The molecule has 0 unspecified atom stereocenters. The third kappa shape index (κ3) is 5.61. The maximum Gasteiger partial charge on any atom is 0.412 e. The van der Waals surface area contributed by atoms with Crippen LogP contribution in [0.5, 0.6) is 11.5 Å². The number of ketones is 3. The van der Waals surface area contributed by atoms with Crippen molar-refractivity contribution < 1.29 is 49.2 Å². The van der Waals surface area contributed by atoms with E-state index in [1.54, 1.807) is 18.2 Å². The lowest BCUT2D eigenvalue weighted by Crippen LogP contribution is -2.21. The van der Waals surface area contributed by atoms with Crippen molar-refractivity contribution in [3.63, 3.8) is 0 Å². The number of benzene rings is 4. The first-order valence-electron chi connectivity index (χ1n) is 13.8. The monoisotopic (exact) mass is 680 g/mol. The summed E-state index contributed by atoms with van der Waals surface area (Å²) in [5.74, 6) is -2.99. The molecule has 0 atom stereocenters. The van der Waals surface area contributed by atoms with Crippen molar-refractivity contribution in [3.05, 3.63) is 130 Å². The van der Waals surface area contributed by atoms with E-state index in [0.29, 0.717) is 0 Å². The first-order valence-corrected chi connectivity index (χ1v) is 16.6. The van der Waals surface area contributed by atoms with E-state index in [9.17, 15) is 31.2 Å². The zero-order valence-corrected chi connectivity index (χ0v) is 25.9. The lowest BCUT2D eigenvalue weighted by atomic mass is 9.95. The lowest BCUT2D eigenvalue weighted by Gasteiger charge is -2.16. The van der Waals surface area contributed by atoms with Crippen molar-refractivity contribution in [2.75, 3.05) is 0 Å². The molecule has 0 fully saturated rings. The van der Waals surface area contributed by atoms with Crippen LogP contribution in [0.2, 0.25) is 0 Å². The fraction of sp³-hybridized carbons (Fsp3) is 0. The van der Waals surface area contributed by atoms with E-state index in [1.807, 2.05) is 0 Å². The van der Waals surface area contributed by atoms with Gasteiger partial charge in [0.25, 0.3) is 11.6 Å². The Morgan fingerprint density at radius 3 is 1.65 bits per heavy atom. The van der Waals surface area contributed by atoms with Crippen LogP contribution in [-0.4, -0.2) is 55.2 Å². The average Bonchev–Trinajstić information content (AvgIpc) is 3.08. The summed E-state index contributed by atoms with van der Waals surface area (Å²) >= 11 is 0. The molecule has 0 heterocycles. The second kappa shape index (κ2) is 12.1. The van der Waals surface area contributed by atoms with Crippen molar-refractivity contribution in [1.82, 2.24) is 0 Å². The van der Waals surface area contributed by atoms with Gasteiger partial charge in [-0.1, -0.05) is 54.6 Å². The Hall–Kier alpha value is -6.37. The fourth-order valence-corrected chi connectivity index (χ4v) is 7.38. The Labute approximate surface area is 272 Å². The van der Waals surface area contributed by atoms with E-state index in [4.69, 9.17) is 19.4 Å². The number of nitrogens with zero attached hydrogens (tertiary/aromatic N) is 2. The molecule has 0 aliphatic heterocycles. The van der Waals surface area contributed by atoms with Gasteiger partial charge < -0.3 is 8.37 Å². The summed E-state index contributed by atoms with van der Waals surface area (Å²) in [5, 5.41) is 0. The van der Waals surface area contributed by atoms with Crippen molar-refractivity contribution in [1.29, 1.82) is 11.1 Å². The molecule has 4 aromatic rings. The van der Waals surface area contributed by atoms with Crippen molar-refractivity contribution in [3.8, 4) is 11.5 Å². The number of allylic oxidation sites excluding steroid dienone is 2. The second-order valence-electron chi connectivity index (χ2n) is 10.2. The molecule has 15 heteroatoms. The Morgan fingerprint density at radius 2 is 1.12 bits per heavy atom. The van der Waals surface area contributed by atoms with E-state index in [0.717, 1.165) is 18.2 Å². The Balaban J connectivity index is 1.43. The molecule has 13 nitrogen and oxygen atoms in total.